The number of hydrogen-bond donors (Lipinski definition) is 1. The van der Waals surface area contributed by atoms with E-state index >= 15 is 0 Å². The molecule has 0 aliphatic carbocycles. The van der Waals surface area contributed by atoms with Gasteiger partial charge in [-0.2, -0.15) is 5.26 Å². The Kier molecular flexibility index (Phi) is 4.98. The summed E-state index contributed by atoms with van der Waals surface area (Å²) in [5, 5.41) is 10.9. The van der Waals surface area contributed by atoms with Crippen molar-refractivity contribution < 1.29 is 4.42 Å². The van der Waals surface area contributed by atoms with Gasteiger partial charge in [0.1, 0.15) is 17.6 Å². The first kappa shape index (κ1) is 19.0. The zero-order valence-corrected chi connectivity index (χ0v) is 16.7. The number of nitrogens with one attached hydrogen (secondary N) is 1. The maximum atomic E-state index is 12.4. The number of aromatic nitrogens is 2. The number of benzene rings is 2. The maximum absolute atomic E-state index is 12.4. The predicted octanol–water partition coefficient (Wildman–Crippen LogP) is 5.86. The van der Waals surface area contributed by atoms with Crippen LogP contribution in [-0.2, 0) is 0 Å². The fourth-order valence-electron chi connectivity index (χ4n) is 2.91. The third-order valence-electron chi connectivity index (χ3n) is 4.36. The van der Waals surface area contributed by atoms with Gasteiger partial charge in [0, 0.05) is 11.6 Å². The van der Waals surface area contributed by atoms with E-state index in [2.05, 4.69) is 16.0 Å². The summed E-state index contributed by atoms with van der Waals surface area (Å²) in [7, 11) is 0. The molecule has 0 unspecified atom stereocenters. The smallest absolute Gasteiger partial charge is 0.259 e. The lowest BCUT2D eigenvalue weighted by Gasteiger charge is -2.02. The summed E-state index contributed by atoms with van der Waals surface area (Å²) in [5.74, 6) is 1.19. The molecule has 0 atom stereocenters. The first-order chi connectivity index (χ1) is 13.9. The van der Waals surface area contributed by atoms with Crippen LogP contribution in [0, 0.1) is 18.3 Å². The zero-order chi connectivity index (χ0) is 20.5. The number of fused-ring (bicyclic) bond motifs is 1. The van der Waals surface area contributed by atoms with Gasteiger partial charge in [-0.1, -0.05) is 29.3 Å². The molecule has 0 aliphatic heterocycles. The van der Waals surface area contributed by atoms with E-state index in [9.17, 15) is 10.1 Å². The molecular weight excluding hydrogens is 409 g/mol. The zero-order valence-electron chi connectivity index (χ0n) is 15.2. The van der Waals surface area contributed by atoms with E-state index in [0.29, 0.717) is 32.5 Å². The highest BCUT2D eigenvalue weighted by Gasteiger charge is 2.11. The molecule has 0 spiro atoms. The molecule has 4 rings (SSSR count). The van der Waals surface area contributed by atoms with Crippen molar-refractivity contribution in [2.75, 3.05) is 0 Å². The third-order valence-corrected chi connectivity index (χ3v) is 5.09. The Hall–Kier alpha value is -3.33. The SMILES string of the molecule is Cc1ccc2c(=O)[nH]c(C(C#N)=Cc3ccc(-c4ccc(Cl)c(Cl)c4)o3)nc2c1. The molecule has 29 heavy (non-hydrogen) atoms. The van der Waals surface area contributed by atoms with E-state index in [1.165, 1.54) is 6.08 Å². The number of hydrogen-bond acceptors (Lipinski definition) is 4. The first-order valence-electron chi connectivity index (χ1n) is 8.63. The second kappa shape index (κ2) is 7.59. The standard InChI is InChI=1S/C22H13Cl2N3O2/c1-12-2-5-16-19(8-12)26-21(27-22(16)28)14(11-25)9-15-4-7-20(29-15)13-3-6-17(23)18(24)10-13/h2-10H,1H3,(H,26,27,28). The summed E-state index contributed by atoms with van der Waals surface area (Å²) in [6.45, 7) is 1.91. The van der Waals surface area contributed by atoms with Crippen molar-refractivity contribution in [1.29, 1.82) is 5.26 Å². The number of halogens is 2. The molecule has 0 radical (unpaired) electrons. The van der Waals surface area contributed by atoms with E-state index in [4.69, 9.17) is 27.6 Å². The van der Waals surface area contributed by atoms with Gasteiger partial charge in [-0.25, -0.2) is 4.98 Å². The molecule has 0 saturated heterocycles. The number of allylic oxidation sites excluding steroid dienone is 1. The molecule has 2 aromatic heterocycles. The monoisotopic (exact) mass is 421 g/mol. The molecule has 0 saturated carbocycles. The maximum Gasteiger partial charge on any atom is 0.259 e. The van der Waals surface area contributed by atoms with E-state index in [0.717, 1.165) is 11.1 Å². The van der Waals surface area contributed by atoms with Gasteiger partial charge in [0.2, 0.25) is 0 Å². The Bertz CT molecular complexity index is 1380. The van der Waals surface area contributed by atoms with Crippen LogP contribution in [0.1, 0.15) is 17.1 Å². The fourth-order valence-corrected chi connectivity index (χ4v) is 3.21. The van der Waals surface area contributed by atoms with E-state index in [-0.39, 0.29) is 17.0 Å². The fraction of sp³-hybridized carbons (Fsp3) is 0.0455. The molecule has 0 aliphatic rings. The van der Waals surface area contributed by atoms with Crippen LogP contribution in [0.3, 0.4) is 0 Å². The van der Waals surface area contributed by atoms with Crippen molar-refractivity contribution in [3.8, 4) is 17.4 Å². The highest BCUT2D eigenvalue weighted by atomic mass is 35.5. The topological polar surface area (TPSA) is 82.7 Å². The number of rotatable bonds is 3. The Morgan fingerprint density at radius 1 is 1.14 bits per heavy atom. The van der Waals surface area contributed by atoms with Gasteiger partial charge >= 0.3 is 0 Å². The Balaban J connectivity index is 1.74. The molecular formula is C22H13Cl2N3O2. The Morgan fingerprint density at radius 3 is 2.72 bits per heavy atom. The summed E-state index contributed by atoms with van der Waals surface area (Å²) < 4.78 is 5.81. The van der Waals surface area contributed by atoms with E-state index in [1.54, 1.807) is 42.5 Å². The quantitative estimate of drug-likeness (QED) is 0.419. The van der Waals surface area contributed by atoms with Gasteiger partial charge in [0.25, 0.3) is 5.56 Å². The number of nitriles is 1. The van der Waals surface area contributed by atoms with Crippen molar-refractivity contribution in [3.05, 3.63) is 86.1 Å². The number of furan rings is 1. The number of aryl methyl sites for hydroxylation is 1. The lowest BCUT2D eigenvalue weighted by Crippen LogP contribution is -2.11. The van der Waals surface area contributed by atoms with Crippen LogP contribution >= 0.6 is 23.2 Å². The van der Waals surface area contributed by atoms with Crippen LogP contribution in [0.2, 0.25) is 10.0 Å². The third kappa shape index (κ3) is 3.81. The minimum absolute atomic E-state index is 0.181. The van der Waals surface area contributed by atoms with Crippen LogP contribution in [-0.4, -0.2) is 9.97 Å². The van der Waals surface area contributed by atoms with Gasteiger partial charge in [0.05, 0.1) is 26.5 Å². The molecule has 0 fully saturated rings. The molecule has 0 bridgehead atoms. The minimum Gasteiger partial charge on any atom is -0.457 e. The molecule has 2 aromatic carbocycles. The second-order valence-electron chi connectivity index (χ2n) is 6.44. The van der Waals surface area contributed by atoms with Crippen molar-refractivity contribution in [3.63, 3.8) is 0 Å². The Morgan fingerprint density at radius 2 is 1.97 bits per heavy atom. The summed E-state index contributed by atoms with van der Waals surface area (Å²) >= 11 is 12.0. The largest absolute Gasteiger partial charge is 0.457 e. The lowest BCUT2D eigenvalue weighted by molar-refractivity contribution is 0.572. The van der Waals surface area contributed by atoms with Gasteiger partial charge in [-0.3, -0.25) is 4.79 Å². The number of H-pyrrole nitrogens is 1. The second-order valence-corrected chi connectivity index (χ2v) is 7.25. The summed E-state index contributed by atoms with van der Waals surface area (Å²) in [6, 6.07) is 16.1. The Labute approximate surface area is 175 Å². The van der Waals surface area contributed by atoms with Crippen LogP contribution in [0.4, 0.5) is 0 Å². The molecule has 142 valence electrons. The highest BCUT2D eigenvalue weighted by molar-refractivity contribution is 6.42. The first-order valence-corrected chi connectivity index (χ1v) is 9.38. The van der Waals surface area contributed by atoms with Crippen LogP contribution < -0.4 is 5.56 Å². The minimum atomic E-state index is -0.304. The van der Waals surface area contributed by atoms with Crippen molar-refractivity contribution >= 4 is 45.8 Å². The summed E-state index contributed by atoms with van der Waals surface area (Å²) in [4.78, 5) is 19.4. The number of nitrogens with zero attached hydrogens (tertiary/aromatic N) is 2. The van der Waals surface area contributed by atoms with Crippen LogP contribution in [0.5, 0.6) is 0 Å². The average molecular weight is 422 g/mol. The highest BCUT2D eigenvalue weighted by Crippen LogP contribution is 2.30. The van der Waals surface area contributed by atoms with Crippen molar-refractivity contribution in [2.24, 2.45) is 0 Å². The molecule has 4 aromatic rings. The van der Waals surface area contributed by atoms with Gasteiger partial charge in [0.15, 0.2) is 5.82 Å². The van der Waals surface area contributed by atoms with Gasteiger partial charge in [-0.15, -0.1) is 0 Å². The molecule has 2 heterocycles. The molecule has 5 nitrogen and oxygen atoms in total. The molecule has 7 heteroatoms. The molecule has 1 N–H and O–H groups in total. The normalized spacial score (nSPS) is 11.6. The van der Waals surface area contributed by atoms with Crippen molar-refractivity contribution in [1.82, 2.24) is 9.97 Å². The lowest BCUT2D eigenvalue weighted by atomic mass is 10.1. The number of aromatic amines is 1. The van der Waals surface area contributed by atoms with Gasteiger partial charge in [-0.05, 0) is 55.0 Å². The van der Waals surface area contributed by atoms with Crippen LogP contribution in [0.25, 0.3) is 33.9 Å². The molecule has 0 amide bonds. The van der Waals surface area contributed by atoms with Crippen molar-refractivity contribution in [2.45, 2.75) is 6.92 Å². The summed E-state index contributed by atoms with van der Waals surface area (Å²) in [6.07, 6.45) is 1.53. The summed E-state index contributed by atoms with van der Waals surface area (Å²) in [5.41, 5.74) is 2.13. The van der Waals surface area contributed by atoms with E-state index < -0.39 is 0 Å². The van der Waals surface area contributed by atoms with E-state index in [1.807, 2.05) is 13.0 Å². The average Bonchev–Trinajstić information content (AvgIpc) is 3.16. The van der Waals surface area contributed by atoms with Crippen LogP contribution in [0.15, 0.2) is 57.7 Å². The van der Waals surface area contributed by atoms with Gasteiger partial charge < -0.3 is 9.40 Å². The predicted molar refractivity (Wildman–Crippen MR) is 115 cm³/mol.